The number of piperidine rings is 1. The molecular weight excluding hydrogens is 260 g/mol. The highest BCUT2D eigenvalue weighted by Gasteiger charge is 2.23. The minimum atomic E-state index is 0.378. The molecule has 1 aromatic carbocycles. The molecule has 0 spiro atoms. The highest BCUT2D eigenvalue weighted by atomic mass is 16.5. The Bertz CT molecular complexity index is 418. The number of hydrogen-bond acceptors (Lipinski definition) is 3. The molecule has 1 aromatic rings. The van der Waals surface area contributed by atoms with Crippen LogP contribution in [0, 0.1) is 5.92 Å². The average Bonchev–Trinajstić information content (AvgIpc) is 2.48. The maximum atomic E-state index is 5.50. The van der Waals surface area contributed by atoms with Gasteiger partial charge in [0.2, 0.25) is 0 Å². The van der Waals surface area contributed by atoms with Crippen LogP contribution in [0.25, 0.3) is 0 Å². The van der Waals surface area contributed by atoms with E-state index in [0.29, 0.717) is 12.1 Å². The van der Waals surface area contributed by atoms with Crippen LogP contribution in [0.15, 0.2) is 24.3 Å². The summed E-state index contributed by atoms with van der Waals surface area (Å²) in [5.41, 5.74) is 1.33. The number of likely N-dealkylation sites (tertiary alicyclic amines) is 1. The van der Waals surface area contributed by atoms with Crippen LogP contribution in [0.3, 0.4) is 0 Å². The molecule has 21 heavy (non-hydrogen) atoms. The standard InChI is InChI=1S/C18H30N2O/c1-5-21-18-10-8-16(9-11-18)14(2)19-15(3)17-7-6-12-20(4)13-17/h8-11,14-15,17,19H,5-7,12-13H2,1-4H3. The van der Waals surface area contributed by atoms with Crippen LogP contribution < -0.4 is 10.1 Å². The van der Waals surface area contributed by atoms with Gasteiger partial charge in [-0.2, -0.15) is 0 Å². The molecular formula is C18H30N2O. The first-order chi connectivity index (χ1) is 10.1. The fourth-order valence-electron chi connectivity index (χ4n) is 3.26. The first-order valence-corrected chi connectivity index (χ1v) is 8.27. The van der Waals surface area contributed by atoms with Crippen LogP contribution in [0.1, 0.15) is 45.2 Å². The molecule has 1 saturated heterocycles. The number of ether oxygens (including phenoxy) is 1. The first kappa shape index (κ1) is 16.3. The molecule has 1 heterocycles. The van der Waals surface area contributed by atoms with E-state index in [4.69, 9.17) is 4.74 Å². The zero-order valence-corrected chi connectivity index (χ0v) is 13.9. The molecule has 1 N–H and O–H groups in total. The summed E-state index contributed by atoms with van der Waals surface area (Å²) < 4.78 is 5.50. The van der Waals surface area contributed by atoms with E-state index in [0.717, 1.165) is 18.3 Å². The van der Waals surface area contributed by atoms with Crippen molar-refractivity contribution in [2.75, 3.05) is 26.7 Å². The molecule has 3 atom stereocenters. The van der Waals surface area contributed by atoms with Gasteiger partial charge in [0.05, 0.1) is 6.61 Å². The SMILES string of the molecule is CCOc1ccc(C(C)NC(C)C2CCCN(C)C2)cc1. The zero-order chi connectivity index (χ0) is 15.2. The van der Waals surface area contributed by atoms with E-state index >= 15 is 0 Å². The molecule has 1 aliphatic heterocycles. The van der Waals surface area contributed by atoms with Crippen molar-refractivity contribution >= 4 is 0 Å². The molecule has 0 amide bonds. The average molecular weight is 290 g/mol. The van der Waals surface area contributed by atoms with Crippen molar-refractivity contribution in [1.82, 2.24) is 10.2 Å². The monoisotopic (exact) mass is 290 g/mol. The van der Waals surface area contributed by atoms with E-state index in [2.05, 4.69) is 55.4 Å². The van der Waals surface area contributed by atoms with E-state index in [-0.39, 0.29) is 0 Å². The van der Waals surface area contributed by atoms with Crippen molar-refractivity contribution in [3.63, 3.8) is 0 Å². The minimum absolute atomic E-state index is 0.378. The molecule has 0 aromatic heterocycles. The second-order valence-corrected chi connectivity index (χ2v) is 6.34. The Hall–Kier alpha value is -1.06. The molecule has 3 heteroatoms. The highest BCUT2D eigenvalue weighted by Crippen LogP contribution is 2.22. The van der Waals surface area contributed by atoms with Gasteiger partial charge in [-0.1, -0.05) is 12.1 Å². The summed E-state index contributed by atoms with van der Waals surface area (Å²) in [6, 6.07) is 9.40. The lowest BCUT2D eigenvalue weighted by molar-refractivity contribution is 0.174. The third-order valence-electron chi connectivity index (χ3n) is 4.57. The van der Waals surface area contributed by atoms with Crippen LogP contribution in [0.5, 0.6) is 5.75 Å². The highest BCUT2D eigenvalue weighted by molar-refractivity contribution is 5.29. The van der Waals surface area contributed by atoms with Crippen molar-refractivity contribution in [2.45, 2.75) is 45.7 Å². The van der Waals surface area contributed by atoms with Crippen molar-refractivity contribution < 1.29 is 4.74 Å². The van der Waals surface area contributed by atoms with E-state index < -0.39 is 0 Å². The van der Waals surface area contributed by atoms with E-state index in [1.165, 1.54) is 31.5 Å². The van der Waals surface area contributed by atoms with Crippen molar-refractivity contribution in [2.24, 2.45) is 5.92 Å². The Morgan fingerprint density at radius 1 is 1.29 bits per heavy atom. The number of benzene rings is 1. The maximum absolute atomic E-state index is 5.50. The maximum Gasteiger partial charge on any atom is 0.119 e. The summed E-state index contributed by atoms with van der Waals surface area (Å²) in [7, 11) is 2.23. The van der Waals surface area contributed by atoms with Gasteiger partial charge in [0.15, 0.2) is 0 Å². The largest absolute Gasteiger partial charge is 0.494 e. The Morgan fingerprint density at radius 2 is 2.00 bits per heavy atom. The molecule has 1 fully saturated rings. The first-order valence-electron chi connectivity index (χ1n) is 8.27. The Morgan fingerprint density at radius 3 is 2.62 bits per heavy atom. The molecule has 3 nitrogen and oxygen atoms in total. The summed E-state index contributed by atoms with van der Waals surface area (Å²) in [4.78, 5) is 2.45. The minimum Gasteiger partial charge on any atom is -0.494 e. The predicted molar refractivity (Wildman–Crippen MR) is 88.8 cm³/mol. The van der Waals surface area contributed by atoms with Crippen molar-refractivity contribution in [3.05, 3.63) is 29.8 Å². The molecule has 0 radical (unpaired) electrons. The van der Waals surface area contributed by atoms with Crippen LogP contribution in [-0.4, -0.2) is 37.7 Å². The lowest BCUT2D eigenvalue weighted by Gasteiger charge is -2.35. The van der Waals surface area contributed by atoms with Gasteiger partial charge >= 0.3 is 0 Å². The normalized spacial score (nSPS) is 22.8. The topological polar surface area (TPSA) is 24.5 Å². The third kappa shape index (κ3) is 4.72. The molecule has 0 saturated carbocycles. The van der Waals surface area contributed by atoms with Gasteiger partial charge in [0.25, 0.3) is 0 Å². The van der Waals surface area contributed by atoms with Gasteiger partial charge < -0.3 is 15.0 Å². The van der Waals surface area contributed by atoms with Crippen LogP contribution >= 0.6 is 0 Å². The van der Waals surface area contributed by atoms with Gasteiger partial charge in [-0.15, -0.1) is 0 Å². The summed E-state index contributed by atoms with van der Waals surface area (Å²) in [5, 5.41) is 3.77. The molecule has 2 rings (SSSR count). The van der Waals surface area contributed by atoms with Gasteiger partial charge in [0.1, 0.15) is 5.75 Å². The van der Waals surface area contributed by atoms with E-state index in [1.807, 2.05) is 6.92 Å². The zero-order valence-electron chi connectivity index (χ0n) is 13.9. The van der Waals surface area contributed by atoms with Crippen LogP contribution in [-0.2, 0) is 0 Å². The van der Waals surface area contributed by atoms with Crippen LogP contribution in [0.4, 0.5) is 0 Å². The molecule has 3 unspecified atom stereocenters. The van der Waals surface area contributed by atoms with Gasteiger partial charge in [-0.25, -0.2) is 0 Å². The van der Waals surface area contributed by atoms with Gasteiger partial charge in [-0.05, 0) is 70.8 Å². The van der Waals surface area contributed by atoms with Gasteiger partial charge in [-0.3, -0.25) is 0 Å². The molecule has 118 valence electrons. The Kier molecular flexibility index (Phi) is 6.07. The fraction of sp³-hybridized carbons (Fsp3) is 0.667. The molecule has 0 aliphatic carbocycles. The van der Waals surface area contributed by atoms with E-state index in [1.54, 1.807) is 0 Å². The lowest BCUT2D eigenvalue weighted by Crippen LogP contribution is -2.43. The van der Waals surface area contributed by atoms with E-state index in [9.17, 15) is 0 Å². The number of rotatable bonds is 6. The van der Waals surface area contributed by atoms with Gasteiger partial charge in [0, 0.05) is 18.6 Å². The summed E-state index contributed by atoms with van der Waals surface area (Å²) in [6.07, 6.45) is 2.67. The van der Waals surface area contributed by atoms with Crippen molar-refractivity contribution in [3.8, 4) is 5.75 Å². The quantitative estimate of drug-likeness (QED) is 0.868. The predicted octanol–water partition coefficient (Wildman–Crippen LogP) is 3.47. The fourth-order valence-corrected chi connectivity index (χ4v) is 3.26. The number of nitrogens with zero attached hydrogens (tertiary/aromatic N) is 1. The second kappa shape index (κ2) is 7.81. The third-order valence-corrected chi connectivity index (χ3v) is 4.57. The molecule has 0 bridgehead atoms. The summed E-state index contributed by atoms with van der Waals surface area (Å²) in [6.45, 7) is 9.77. The lowest BCUT2D eigenvalue weighted by atomic mass is 9.91. The smallest absolute Gasteiger partial charge is 0.119 e. The second-order valence-electron chi connectivity index (χ2n) is 6.34. The molecule has 1 aliphatic rings. The Balaban J connectivity index is 1.89. The number of nitrogens with one attached hydrogen (secondary N) is 1. The summed E-state index contributed by atoms with van der Waals surface area (Å²) >= 11 is 0. The number of hydrogen-bond donors (Lipinski definition) is 1. The summed E-state index contributed by atoms with van der Waals surface area (Å²) in [5.74, 6) is 1.71. The van der Waals surface area contributed by atoms with Crippen molar-refractivity contribution in [1.29, 1.82) is 0 Å². The Labute approximate surface area is 129 Å². The van der Waals surface area contributed by atoms with Crippen LogP contribution in [0.2, 0.25) is 0 Å².